The smallest absolute Gasteiger partial charge is 0.391 e. The molecule has 2 amide bonds. The monoisotopic (exact) mass is 492 g/mol. The van der Waals surface area contributed by atoms with Gasteiger partial charge >= 0.3 is 12.2 Å². The number of likely N-dealkylation sites (tertiary alicyclic amines) is 1. The molecular weight excluding hydrogens is 468 g/mol. The first kappa shape index (κ1) is 23.3. The lowest BCUT2D eigenvalue weighted by atomic mass is 9.97. The predicted molar refractivity (Wildman–Crippen MR) is 120 cm³/mol. The molecule has 2 N–H and O–H groups in total. The topological polar surface area (TPSA) is 86.0 Å². The second kappa shape index (κ2) is 8.99. The van der Waals surface area contributed by atoms with Crippen LogP contribution in [0.25, 0.3) is 5.65 Å². The Balaban J connectivity index is 1.45. The average Bonchev–Trinajstić information content (AvgIpc) is 3.45. The third-order valence-electron chi connectivity index (χ3n) is 6.50. The van der Waals surface area contributed by atoms with Crippen LogP contribution in [0, 0.1) is 5.82 Å². The number of aromatic nitrogens is 3. The number of nitrogens with one attached hydrogen (secondary N) is 1. The summed E-state index contributed by atoms with van der Waals surface area (Å²) in [5.74, 6) is -0.325. The number of hydrogen-bond donors (Lipinski definition) is 2. The third-order valence-corrected chi connectivity index (χ3v) is 6.50. The highest BCUT2D eigenvalue weighted by molar-refractivity contribution is 5.93. The predicted octanol–water partition coefficient (Wildman–Crippen LogP) is 4.22. The fourth-order valence-electron chi connectivity index (χ4n) is 4.87. The number of benzene rings is 1. The molecule has 186 valence electrons. The van der Waals surface area contributed by atoms with Gasteiger partial charge in [0.1, 0.15) is 17.3 Å². The van der Waals surface area contributed by atoms with E-state index in [1.807, 2.05) is 0 Å². The van der Waals surface area contributed by atoms with Crippen molar-refractivity contribution in [3.05, 3.63) is 53.6 Å². The Morgan fingerprint density at radius 3 is 2.71 bits per heavy atom. The molecule has 2 aliphatic heterocycles. The molecule has 8 nitrogen and oxygen atoms in total. The van der Waals surface area contributed by atoms with Crippen molar-refractivity contribution in [2.45, 2.75) is 44.0 Å². The van der Waals surface area contributed by atoms with Gasteiger partial charge in [0.25, 0.3) is 0 Å². The van der Waals surface area contributed by atoms with Crippen molar-refractivity contribution in [2.24, 2.45) is 0 Å². The van der Waals surface area contributed by atoms with E-state index in [1.165, 1.54) is 15.6 Å². The van der Waals surface area contributed by atoms with Gasteiger partial charge in [0.2, 0.25) is 0 Å². The number of carbonyl (C=O) groups is 1. The van der Waals surface area contributed by atoms with E-state index in [4.69, 9.17) is 0 Å². The van der Waals surface area contributed by atoms with Crippen molar-refractivity contribution >= 4 is 23.2 Å². The van der Waals surface area contributed by atoms with Gasteiger partial charge in [-0.25, -0.2) is 18.7 Å². The first-order valence-electron chi connectivity index (χ1n) is 11.4. The van der Waals surface area contributed by atoms with E-state index in [0.29, 0.717) is 55.9 Å². The molecule has 35 heavy (non-hydrogen) atoms. The quantitative estimate of drug-likeness (QED) is 0.535. The minimum absolute atomic E-state index is 0.123. The van der Waals surface area contributed by atoms with Gasteiger partial charge in [0.15, 0.2) is 5.65 Å². The molecule has 0 bridgehead atoms. The fourth-order valence-corrected chi connectivity index (χ4v) is 4.87. The Hall–Kier alpha value is -3.41. The van der Waals surface area contributed by atoms with E-state index in [-0.39, 0.29) is 18.1 Å². The molecule has 1 aromatic carbocycles. The standard InChI is InChI=1S/C23H24F4N6O2/c24-14-5-6-17(23(25,26)27)16(11-14)19-4-2-9-32(19)20-7-10-33-21(30-20)18(12-28-33)29-22(35)31-8-1-3-15(34)13-31/h5-7,10-12,15,19,34H,1-4,8-9,13H2,(H,29,35)/t15-,19-/m1/s1. The zero-order chi connectivity index (χ0) is 24.7. The molecule has 4 heterocycles. The van der Waals surface area contributed by atoms with Crippen LogP contribution in [-0.2, 0) is 6.18 Å². The molecule has 2 fully saturated rings. The normalized spacial score (nSPS) is 21.1. The maximum atomic E-state index is 14.0. The molecule has 0 spiro atoms. The summed E-state index contributed by atoms with van der Waals surface area (Å²) in [7, 11) is 0. The van der Waals surface area contributed by atoms with Gasteiger partial charge in [-0.05, 0) is 55.5 Å². The summed E-state index contributed by atoms with van der Waals surface area (Å²) in [6.07, 6.45) is 0.250. The lowest BCUT2D eigenvalue weighted by molar-refractivity contribution is -0.138. The number of β-amino-alcohol motifs (C(OH)–C–C–N with tert-alkyl or cyclic N) is 1. The number of halogens is 4. The number of hydrogen-bond acceptors (Lipinski definition) is 5. The SMILES string of the molecule is O=C(Nc1cnn2ccc(N3CCC[C@@H]3c3cc(F)ccc3C(F)(F)F)nc12)N1CCC[C@@H](O)C1. The maximum Gasteiger partial charge on any atom is 0.416 e. The van der Waals surface area contributed by atoms with Crippen molar-refractivity contribution in [2.75, 3.05) is 29.9 Å². The summed E-state index contributed by atoms with van der Waals surface area (Å²) >= 11 is 0. The summed E-state index contributed by atoms with van der Waals surface area (Å²) in [5.41, 5.74) is -0.316. The molecular formula is C23H24F4N6O2. The number of carbonyl (C=O) groups excluding carboxylic acids is 1. The van der Waals surface area contributed by atoms with Crippen LogP contribution in [0.1, 0.15) is 42.9 Å². The molecule has 5 rings (SSSR count). The summed E-state index contributed by atoms with van der Waals surface area (Å²) < 4.78 is 56.4. The lowest BCUT2D eigenvalue weighted by Crippen LogP contribution is -2.44. The summed E-state index contributed by atoms with van der Waals surface area (Å²) in [6.45, 7) is 1.20. The van der Waals surface area contributed by atoms with Gasteiger partial charge in [0, 0.05) is 25.8 Å². The van der Waals surface area contributed by atoms with Crippen LogP contribution in [0.15, 0.2) is 36.7 Å². The van der Waals surface area contributed by atoms with Crippen molar-refractivity contribution < 1.29 is 27.5 Å². The van der Waals surface area contributed by atoms with Crippen LogP contribution in [0.5, 0.6) is 0 Å². The van der Waals surface area contributed by atoms with E-state index < -0.39 is 29.7 Å². The number of urea groups is 1. The van der Waals surface area contributed by atoms with Crippen LogP contribution >= 0.6 is 0 Å². The molecule has 2 saturated heterocycles. The molecule has 0 unspecified atom stereocenters. The highest BCUT2D eigenvalue weighted by Gasteiger charge is 2.38. The first-order chi connectivity index (χ1) is 16.7. The molecule has 3 aromatic rings. The van der Waals surface area contributed by atoms with E-state index in [2.05, 4.69) is 15.4 Å². The van der Waals surface area contributed by atoms with E-state index in [9.17, 15) is 27.5 Å². The van der Waals surface area contributed by atoms with Crippen LogP contribution in [0.4, 0.5) is 33.9 Å². The Morgan fingerprint density at radius 2 is 1.94 bits per heavy atom. The van der Waals surface area contributed by atoms with Crippen LogP contribution in [-0.4, -0.2) is 56.4 Å². The number of rotatable bonds is 3. The van der Waals surface area contributed by atoms with Gasteiger partial charge in [-0.2, -0.15) is 18.3 Å². The number of aliphatic hydroxyl groups excluding tert-OH is 1. The van der Waals surface area contributed by atoms with Crippen molar-refractivity contribution in [1.82, 2.24) is 19.5 Å². The van der Waals surface area contributed by atoms with E-state index >= 15 is 0 Å². The Bertz CT molecular complexity index is 1250. The maximum absolute atomic E-state index is 14.0. The Labute approximate surface area is 198 Å². The minimum Gasteiger partial charge on any atom is -0.391 e. The largest absolute Gasteiger partial charge is 0.416 e. The van der Waals surface area contributed by atoms with Gasteiger partial charge in [-0.1, -0.05) is 0 Å². The zero-order valence-corrected chi connectivity index (χ0v) is 18.7. The van der Waals surface area contributed by atoms with Crippen LogP contribution < -0.4 is 10.2 Å². The summed E-state index contributed by atoms with van der Waals surface area (Å²) in [6, 6.07) is 3.09. The lowest BCUT2D eigenvalue weighted by Gasteiger charge is -2.30. The molecule has 0 saturated carbocycles. The number of piperidine rings is 1. The molecule has 12 heteroatoms. The number of fused-ring (bicyclic) bond motifs is 1. The van der Waals surface area contributed by atoms with Crippen LogP contribution in [0.3, 0.4) is 0 Å². The fraction of sp³-hybridized carbons (Fsp3) is 0.435. The van der Waals surface area contributed by atoms with Crippen molar-refractivity contribution in [3.8, 4) is 0 Å². The Kier molecular flexibility index (Phi) is 5.99. The molecule has 2 aliphatic rings. The minimum atomic E-state index is -4.61. The molecule has 0 radical (unpaired) electrons. The number of amides is 2. The molecule has 0 aliphatic carbocycles. The van der Waals surface area contributed by atoms with Gasteiger partial charge < -0.3 is 20.2 Å². The second-order valence-corrected chi connectivity index (χ2v) is 8.87. The number of nitrogens with zero attached hydrogens (tertiary/aromatic N) is 5. The highest BCUT2D eigenvalue weighted by Crippen LogP contribution is 2.42. The van der Waals surface area contributed by atoms with Gasteiger partial charge in [-0.15, -0.1) is 0 Å². The summed E-state index contributed by atoms with van der Waals surface area (Å²) in [5, 5.41) is 16.8. The van der Waals surface area contributed by atoms with Gasteiger partial charge in [-0.3, -0.25) is 0 Å². The number of aliphatic hydroxyl groups is 1. The molecule has 2 atom stereocenters. The number of anilines is 2. The third kappa shape index (κ3) is 4.62. The van der Waals surface area contributed by atoms with Gasteiger partial charge in [0.05, 0.1) is 23.9 Å². The average molecular weight is 492 g/mol. The van der Waals surface area contributed by atoms with Crippen LogP contribution in [0.2, 0.25) is 0 Å². The van der Waals surface area contributed by atoms with Crippen molar-refractivity contribution in [3.63, 3.8) is 0 Å². The van der Waals surface area contributed by atoms with E-state index in [0.717, 1.165) is 18.2 Å². The highest BCUT2D eigenvalue weighted by atomic mass is 19.4. The van der Waals surface area contributed by atoms with E-state index in [1.54, 1.807) is 17.2 Å². The summed E-state index contributed by atoms with van der Waals surface area (Å²) in [4.78, 5) is 20.5. The van der Waals surface area contributed by atoms with Crippen molar-refractivity contribution in [1.29, 1.82) is 0 Å². The second-order valence-electron chi connectivity index (χ2n) is 8.87. The molecule has 2 aromatic heterocycles. The first-order valence-corrected chi connectivity index (χ1v) is 11.4. The Morgan fingerprint density at radius 1 is 1.14 bits per heavy atom. The number of alkyl halides is 3. The zero-order valence-electron chi connectivity index (χ0n) is 18.7.